The molecule has 1 aromatic carbocycles. The summed E-state index contributed by atoms with van der Waals surface area (Å²) >= 11 is 0. The minimum atomic E-state index is -0.350. The third-order valence-corrected chi connectivity index (χ3v) is 4.69. The Balaban J connectivity index is 2.04. The van der Waals surface area contributed by atoms with Gasteiger partial charge in [0.15, 0.2) is 11.5 Å². The summed E-state index contributed by atoms with van der Waals surface area (Å²) < 4.78 is 15.9. The molecule has 0 spiro atoms. The summed E-state index contributed by atoms with van der Waals surface area (Å²) in [6, 6.07) is 3.23. The fourth-order valence-electron chi connectivity index (χ4n) is 2.98. The van der Waals surface area contributed by atoms with E-state index in [0.717, 1.165) is 5.56 Å². The van der Waals surface area contributed by atoms with Gasteiger partial charge in [0.1, 0.15) is 0 Å². The Labute approximate surface area is 159 Å². The van der Waals surface area contributed by atoms with Gasteiger partial charge in [0.25, 0.3) is 0 Å². The van der Waals surface area contributed by atoms with E-state index in [-0.39, 0.29) is 17.9 Å². The smallest absolute Gasteiger partial charge is 0.246 e. The van der Waals surface area contributed by atoms with Crippen LogP contribution in [0.4, 0.5) is 0 Å². The number of hydrogen-bond donors (Lipinski definition) is 1. The molecule has 27 heavy (non-hydrogen) atoms. The quantitative estimate of drug-likeness (QED) is 0.705. The fraction of sp³-hybridized carbons (Fsp3) is 0.474. The van der Waals surface area contributed by atoms with Crippen LogP contribution in [0.15, 0.2) is 18.2 Å². The molecule has 0 aliphatic carbocycles. The molecule has 2 amide bonds. The van der Waals surface area contributed by atoms with Crippen LogP contribution in [0, 0.1) is 0 Å². The highest BCUT2D eigenvalue weighted by molar-refractivity contribution is 5.92. The highest BCUT2D eigenvalue weighted by Crippen LogP contribution is 2.38. The van der Waals surface area contributed by atoms with Crippen molar-refractivity contribution in [2.45, 2.75) is 13.0 Å². The van der Waals surface area contributed by atoms with Crippen LogP contribution in [0.2, 0.25) is 0 Å². The second kappa shape index (κ2) is 9.27. The van der Waals surface area contributed by atoms with Gasteiger partial charge in [0.2, 0.25) is 17.6 Å². The van der Waals surface area contributed by atoms with E-state index < -0.39 is 0 Å². The van der Waals surface area contributed by atoms with Gasteiger partial charge in [0, 0.05) is 32.3 Å². The molecule has 2 rings (SSSR count). The molecule has 148 valence electrons. The van der Waals surface area contributed by atoms with E-state index in [1.54, 1.807) is 44.3 Å². The lowest BCUT2D eigenvalue weighted by molar-refractivity contribution is -0.129. The van der Waals surface area contributed by atoms with Crippen LogP contribution in [-0.2, 0) is 9.59 Å². The van der Waals surface area contributed by atoms with Gasteiger partial charge >= 0.3 is 0 Å². The summed E-state index contributed by atoms with van der Waals surface area (Å²) in [5, 5.41) is 0. The summed E-state index contributed by atoms with van der Waals surface area (Å²) in [7, 11) is 4.63. The number of nitrogens with two attached hydrogens (primary N) is 1. The van der Waals surface area contributed by atoms with E-state index >= 15 is 0 Å². The second-order valence-corrected chi connectivity index (χ2v) is 6.23. The molecule has 1 aliphatic rings. The van der Waals surface area contributed by atoms with Crippen LogP contribution in [0.1, 0.15) is 12.5 Å². The van der Waals surface area contributed by atoms with Crippen LogP contribution in [-0.4, -0.2) is 75.2 Å². The number of carbonyl (C=O) groups is 2. The van der Waals surface area contributed by atoms with E-state index in [9.17, 15) is 9.59 Å². The Kier molecular flexibility index (Phi) is 7.06. The standard InChI is InChI=1S/C19H27N3O5/c1-13(19(20)24)21-7-9-22(10-8-21)17(23)6-5-14-11-15(25-2)18(27-4)16(12-14)26-3/h5-6,11-13H,7-10H2,1-4H3,(H2,20,24)/b6-5+. The van der Waals surface area contributed by atoms with Gasteiger partial charge in [-0.15, -0.1) is 0 Å². The van der Waals surface area contributed by atoms with E-state index in [0.29, 0.717) is 43.4 Å². The SMILES string of the molecule is COc1cc(/C=C/C(=O)N2CCN(C(C)C(N)=O)CC2)cc(OC)c1OC. The topological polar surface area (TPSA) is 94.3 Å². The maximum Gasteiger partial charge on any atom is 0.246 e. The average molecular weight is 377 g/mol. The molecule has 1 aliphatic heterocycles. The predicted molar refractivity (Wildman–Crippen MR) is 102 cm³/mol. The molecule has 8 nitrogen and oxygen atoms in total. The van der Waals surface area contributed by atoms with Crippen LogP contribution < -0.4 is 19.9 Å². The third-order valence-electron chi connectivity index (χ3n) is 4.69. The number of carbonyl (C=O) groups excluding carboxylic acids is 2. The summed E-state index contributed by atoms with van der Waals surface area (Å²) in [6.07, 6.45) is 3.24. The van der Waals surface area contributed by atoms with Crippen molar-refractivity contribution in [1.29, 1.82) is 0 Å². The van der Waals surface area contributed by atoms with Gasteiger partial charge in [-0.1, -0.05) is 0 Å². The van der Waals surface area contributed by atoms with Gasteiger partial charge in [-0.2, -0.15) is 0 Å². The molecular weight excluding hydrogens is 350 g/mol. The first-order valence-electron chi connectivity index (χ1n) is 8.71. The maximum atomic E-state index is 12.5. The Morgan fingerprint density at radius 2 is 1.59 bits per heavy atom. The molecule has 0 saturated carbocycles. The van der Waals surface area contributed by atoms with Gasteiger partial charge in [0.05, 0.1) is 27.4 Å². The van der Waals surface area contributed by atoms with Crippen molar-refractivity contribution in [3.63, 3.8) is 0 Å². The summed E-state index contributed by atoms with van der Waals surface area (Å²) in [5.41, 5.74) is 6.10. The molecule has 1 saturated heterocycles. The van der Waals surface area contributed by atoms with Gasteiger partial charge in [-0.25, -0.2) is 0 Å². The van der Waals surface area contributed by atoms with Crippen LogP contribution in [0.3, 0.4) is 0 Å². The normalized spacial score (nSPS) is 16.2. The number of methoxy groups -OCH3 is 3. The monoisotopic (exact) mass is 377 g/mol. The highest BCUT2D eigenvalue weighted by atomic mass is 16.5. The first-order valence-corrected chi connectivity index (χ1v) is 8.71. The number of rotatable bonds is 7. The maximum absolute atomic E-state index is 12.5. The van der Waals surface area contributed by atoms with E-state index in [2.05, 4.69) is 0 Å². The van der Waals surface area contributed by atoms with Gasteiger partial charge in [-0.05, 0) is 30.7 Å². The molecule has 8 heteroatoms. The highest BCUT2D eigenvalue weighted by Gasteiger charge is 2.25. The molecule has 1 heterocycles. The zero-order chi connectivity index (χ0) is 20.0. The van der Waals surface area contributed by atoms with Crippen molar-refractivity contribution in [3.05, 3.63) is 23.8 Å². The summed E-state index contributed by atoms with van der Waals surface area (Å²) in [5.74, 6) is 1.12. The summed E-state index contributed by atoms with van der Waals surface area (Å²) in [6.45, 7) is 4.12. The Morgan fingerprint density at radius 3 is 2.04 bits per heavy atom. The number of hydrogen-bond acceptors (Lipinski definition) is 6. The Bertz CT molecular complexity index is 686. The van der Waals surface area contributed by atoms with Crippen LogP contribution >= 0.6 is 0 Å². The third kappa shape index (κ3) is 4.91. The molecular formula is C19H27N3O5. The lowest BCUT2D eigenvalue weighted by Crippen LogP contribution is -2.54. The fourth-order valence-corrected chi connectivity index (χ4v) is 2.98. The van der Waals surface area contributed by atoms with Crippen LogP contribution in [0.5, 0.6) is 17.2 Å². The minimum absolute atomic E-state index is 0.0878. The zero-order valence-corrected chi connectivity index (χ0v) is 16.2. The van der Waals surface area contributed by atoms with E-state index in [1.165, 1.54) is 13.2 Å². The van der Waals surface area contributed by atoms with Crippen molar-refractivity contribution >= 4 is 17.9 Å². The van der Waals surface area contributed by atoms with Gasteiger partial charge in [-0.3, -0.25) is 14.5 Å². The first kappa shape index (κ1) is 20.6. The number of ether oxygens (including phenoxy) is 3. The lowest BCUT2D eigenvalue weighted by Gasteiger charge is -2.36. The average Bonchev–Trinajstić information content (AvgIpc) is 2.70. The number of primary amides is 1. The van der Waals surface area contributed by atoms with Crippen molar-refractivity contribution in [2.75, 3.05) is 47.5 Å². The molecule has 0 bridgehead atoms. The van der Waals surface area contributed by atoms with E-state index in [4.69, 9.17) is 19.9 Å². The van der Waals surface area contributed by atoms with Crippen molar-refractivity contribution in [2.24, 2.45) is 5.73 Å². The predicted octanol–water partition coefficient (Wildman–Crippen LogP) is 0.744. The Morgan fingerprint density at radius 1 is 1.04 bits per heavy atom. The number of benzene rings is 1. The molecule has 0 aromatic heterocycles. The zero-order valence-electron chi connectivity index (χ0n) is 16.2. The minimum Gasteiger partial charge on any atom is -0.493 e. The lowest BCUT2D eigenvalue weighted by atomic mass is 10.1. The largest absolute Gasteiger partial charge is 0.493 e. The number of piperazine rings is 1. The molecule has 0 radical (unpaired) electrons. The summed E-state index contributed by atoms with van der Waals surface area (Å²) in [4.78, 5) is 27.5. The molecule has 1 fully saturated rings. The van der Waals surface area contributed by atoms with Crippen molar-refractivity contribution in [1.82, 2.24) is 9.80 Å². The molecule has 1 unspecified atom stereocenters. The first-order chi connectivity index (χ1) is 12.9. The van der Waals surface area contributed by atoms with Crippen LogP contribution in [0.25, 0.3) is 6.08 Å². The van der Waals surface area contributed by atoms with E-state index in [1.807, 2.05) is 4.90 Å². The number of amides is 2. The molecule has 1 atom stereocenters. The molecule has 2 N–H and O–H groups in total. The van der Waals surface area contributed by atoms with Crippen molar-refractivity contribution in [3.8, 4) is 17.2 Å². The van der Waals surface area contributed by atoms with Crippen molar-refractivity contribution < 1.29 is 23.8 Å². The number of nitrogens with zero attached hydrogens (tertiary/aromatic N) is 2. The Hall–Kier alpha value is -2.74. The second-order valence-electron chi connectivity index (χ2n) is 6.23. The van der Waals surface area contributed by atoms with Gasteiger partial charge < -0.3 is 24.8 Å². The molecule has 1 aromatic rings.